The molecule has 0 spiro atoms. The van der Waals surface area contributed by atoms with Crippen LogP contribution in [0.1, 0.15) is 11.1 Å². The van der Waals surface area contributed by atoms with E-state index in [0.29, 0.717) is 16.0 Å². The number of aryl methyl sites for hydroxylation is 1. The van der Waals surface area contributed by atoms with Crippen LogP contribution in [0, 0.1) is 18.2 Å². The Hall–Kier alpha value is -2.54. The molecule has 1 aliphatic rings. The average molecular weight is 343 g/mol. The van der Waals surface area contributed by atoms with E-state index in [9.17, 15) is 4.39 Å². The number of nitrogens with zero attached hydrogens (tertiary/aromatic N) is 1. The topological polar surface area (TPSA) is 76.6 Å². The first-order valence-corrected chi connectivity index (χ1v) is 8.61. The van der Waals surface area contributed by atoms with Crippen LogP contribution in [0.2, 0.25) is 0 Å². The van der Waals surface area contributed by atoms with E-state index in [-0.39, 0.29) is 11.7 Å². The molecule has 0 aliphatic carbocycles. The molecule has 0 fully saturated rings. The first kappa shape index (κ1) is 16.3. The molecular weight excluding hydrogens is 325 g/mol. The number of amidine groups is 1. The van der Waals surface area contributed by atoms with Crippen molar-refractivity contribution in [2.24, 2.45) is 0 Å². The number of thioether (sulfide) groups is 1. The van der Waals surface area contributed by atoms with Crippen molar-refractivity contribution in [3.63, 3.8) is 0 Å². The highest BCUT2D eigenvalue weighted by molar-refractivity contribution is 7.98. The van der Waals surface area contributed by atoms with Gasteiger partial charge in [-0.1, -0.05) is 0 Å². The number of nitrogens with one attached hydrogen (secondary N) is 4. The molecule has 5 nitrogen and oxygen atoms in total. The number of hydrogen-bond donors (Lipinski definition) is 4. The van der Waals surface area contributed by atoms with Gasteiger partial charge in [0.2, 0.25) is 0 Å². The fourth-order valence-corrected chi connectivity index (χ4v) is 3.47. The number of aromatic amines is 1. The molecule has 0 unspecified atom stereocenters. The van der Waals surface area contributed by atoms with Crippen molar-refractivity contribution >= 4 is 34.1 Å². The summed E-state index contributed by atoms with van der Waals surface area (Å²) in [7, 11) is 1.69. The second-order valence-electron chi connectivity index (χ2n) is 5.35. The van der Waals surface area contributed by atoms with Crippen molar-refractivity contribution in [1.82, 2.24) is 20.8 Å². The summed E-state index contributed by atoms with van der Waals surface area (Å²) >= 11 is 1.38. The first-order chi connectivity index (χ1) is 11.6. The summed E-state index contributed by atoms with van der Waals surface area (Å²) in [5.41, 5.74) is 3.73. The fraction of sp³-hybridized carbons (Fsp3) is 0.176. The molecule has 4 N–H and O–H groups in total. The number of H-pyrrole nitrogens is 1. The predicted molar refractivity (Wildman–Crippen MR) is 97.7 cm³/mol. The molecule has 0 amide bonds. The normalized spacial score (nSPS) is 15.5. The average Bonchev–Trinajstić information content (AvgIpc) is 3.07. The second-order valence-corrected chi connectivity index (χ2v) is 6.16. The van der Waals surface area contributed by atoms with Gasteiger partial charge in [0.05, 0.1) is 16.6 Å². The Morgan fingerprint density at radius 1 is 1.46 bits per heavy atom. The van der Waals surface area contributed by atoms with E-state index in [4.69, 9.17) is 5.41 Å². The molecule has 0 radical (unpaired) electrons. The van der Waals surface area contributed by atoms with E-state index < -0.39 is 0 Å². The largest absolute Gasteiger partial charge is 0.374 e. The Morgan fingerprint density at radius 2 is 2.25 bits per heavy atom. The van der Waals surface area contributed by atoms with Gasteiger partial charge < -0.3 is 10.6 Å². The van der Waals surface area contributed by atoms with Crippen LogP contribution in [0.5, 0.6) is 0 Å². The van der Waals surface area contributed by atoms with E-state index >= 15 is 0 Å². The molecule has 2 aromatic rings. The van der Waals surface area contributed by atoms with E-state index in [1.165, 1.54) is 11.8 Å². The van der Waals surface area contributed by atoms with Gasteiger partial charge in [0.15, 0.2) is 0 Å². The highest BCUT2D eigenvalue weighted by Crippen LogP contribution is 2.38. The van der Waals surface area contributed by atoms with Gasteiger partial charge in [0.1, 0.15) is 11.7 Å². The van der Waals surface area contributed by atoms with E-state index in [1.54, 1.807) is 32.4 Å². The number of hydrogen-bond acceptors (Lipinski definition) is 4. The third kappa shape index (κ3) is 2.71. The van der Waals surface area contributed by atoms with Gasteiger partial charge >= 0.3 is 0 Å². The summed E-state index contributed by atoms with van der Waals surface area (Å²) < 4.78 is 14.8. The van der Waals surface area contributed by atoms with Crippen molar-refractivity contribution in [3.05, 3.63) is 53.3 Å². The van der Waals surface area contributed by atoms with Crippen LogP contribution >= 0.6 is 11.8 Å². The number of halogens is 1. The van der Waals surface area contributed by atoms with Gasteiger partial charge in [-0.15, -0.1) is 11.8 Å². The lowest BCUT2D eigenvalue weighted by atomic mass is 9.97. The standard InChI is InChI=1S/C17H18FN5S/c1-9-15(18)17(24-3)14(12-8-22-23-16(9)12)10-4-5-21-11(6-10)7-13(19)20-2/h4-8,21H,1-3H3,(H2,19,20)(H,22,23)/b11-7-. The lowest BCUT2D eigenvalue weighted by molar-refractivity contribution is 0.594. The highest BCUT2D eigenvalue weighted by atomic mass is 32.2. The lowest BCUT2D eigenvalue weighted by Gasteiger charge is -2.17. The zero-order valence-electron chi connectivity index (χ0n) is 13.6. The molecule has 24 heavy (non-hydrogen) atoms. The number of fused-ring (bicyclic) bond motifs is 1. The van der Waals surface area contributed by atoms with E-state index in [2.05, 4.69) is 20.8 Å². The number of allylic oxidation sites excluding steroid dienone is 3. The maximum absolute atomic E-state index is 14.8. The molecule has 0 atom stereocenters. The Balaban J connectivity index is 2.24. The van der Waals surface area contributed by atoms with Crippen LogP contribution in [-0.2, 0) is 0 Å². The summed E-state index contributed by atoms with van der Waals surface area (Å²) in [6, 6.07) is 0. The van der Waals surface area contributed by atoms with Crippen LogP contribution < -0.4 is 10.6 Å². The third-order valence-corrected chi connectivity index (χ3v) is 4.72. The van der Waals surface area contributed by atoms with Crippen LogP contribution in [0.4, 0.5) is 4.39 Å². The van der Waals surface area contributed by atoms with Gasteiger partial charge in [-0.2, -0.15) is 5.10 Å². The van der Waals surface area contributed by atoms with E-state index in [0.717, 1.165) is 22.2 Å². The Morgan fingerprint density at radius 3 is 2.96 bits per heavy atom. The quantitative estimate of drug-likeness (QED) is 0.392. The zero-order chi connectivity index (χ0) is 17.3. The molecule has 0 saturated carbocycles. The number of benzene rings is 1. The summed E-state index contributed by atoms with van der Waals surface area (Å²) in [6.07, 6.45) is 10.9. The fourth-order valence-electron chi connectivity index (χ4n) is 2.70. The summed E-state index contributed by atoms with van der Waals surface area (Å²) in [5.74, 6) is 0.0626. The molecule has 2 heterocycles. The molecule has 3 rings (SSSR count). The Labute approximate surface area is 143 Å². The van der Waals surface area contributed by atoms with Crippen molar-refractivity contribution in [2.75, 3.05) is 13.3 Å². The highest BCUT2D eigenvalue weighted by Gasteiger charge is 2.21. The summed E-state index contributed by atoms with van der Waals surface area (Å²) in [4.78, 5) is 0.599. The molecule has 0 saturated heterocycles. The number of aromatic nitrogens is 2. The maximum atomic E-state index is 14.8. The first-order valence-electron chi connectivity index (χ1n) is 7.39. The zero-order valence-corrected chi connectivity index (χ0v) is 14.4. The molecule has 1 aromatic heterocycles. The molecule has 1 aliphatic heterocycles. The van der Waals surface area contributed by atoms with Crippen LogP contribution in [-0.4, -0.2) is 29.3 Å². The predicted octanol–water partition coefficient (Wildman–Crippen LogP) is 3.31. The molecular formula is C17H18FN5S. The van der Waals surface area contributed by atoms with Crippen molar-refractivity contribution in [1.29, 1.82) is 5.41 Å². The van der Waals surface area contributed by atoms with Gasteiger partial charge in [0, 0.05) is 41.5 Å². The summed E-state index contributed by atoms with van der Waals surface area (Å²) in [6.45, 7) is 1.76. The van der Waals surface area contributed by atoms with E-state index in [1.807, 2.05) is 18.4 Å². The van der Waals surface area contributed by atoms with Gasteiger partial charge in [0.25, 0.3) is 0 Å². The SMILES string of the molecule is CNC(=N)/C=C1/C=C(c2c(SC)c(F)c(C)c3[nH]ncc23)C=CN1. The van der Waals surface area contributed by atoms with Crippen molar-refractivity contribution in [2.45, 2.75) is 11.8 Å². The smallest absolute Gasteiger partial charge is 0.142 e. The summed E-state index contributed by atoms with van der Waals surface area (Å²) in [5, 5.41) is 21.4. The van der Waals surface area contributed by atoms with Crippen molar-refractivity contribution < 1.29 is 4.39 Å². The monoisotopic (exact) mass is 343 g/mol. The van der Waals surface area contributed by atoms with Gasteiger partial charge in [-0.3, -0.25) is 10.5 Å². The number of rotatable bonds is 3. The molecule has 7 heteroatoms. The van der Waals surface area contributed by atoms with Crippen LogP contribution in [0.3, 0.4) is 0 Å². The Kier molecular flexibility index (Phi) is 4.44. The van der Waals surface area contributed by atoms with Crippen molar-refractivity contribution in [3.8, 4) is 0 Å². The lowest BCUT2D eigenvalue weighted by Crippen LogP contribution is -2.17. The molecule has 0 bridgehead atoms. The Bertz CT molecular complexity index is 907. The number of dihydropyridines is 1. The minimum atomic E-state index is -0.226. The number of likely N-dealkylation sites (N-methyl/N-ethyl adjacent to an activating group) is 1. The minimum absolute atomic E-state index is 0.226. The minimum Gasteiger partial charge on any atom is -0.374 e. The van der Waals surface area contributed by atoms with Gasteiger partial charge in [-0.25, -0.2) is 4.39 Å². The molecule has 1 aromatic carbocycles. The third-order valence-electron chi connectivity index (χ3n) is 3.93. The maximum Gasteiger partial charge on any atom is 0.142 e. The van der Waals surface area contributed by atoms with Gasteiger partial charge in [-0.05, 0) is 30.9 Å². The second kappa shape index (κ2) is 6.52. The molecule has 124 valence electrons. The van der Waals surface area contributed by atoms with Crippen LogP contribution in [0.15, 0.2) is 41.2 Å². The van der Waals surface area contributed by atoms with Crippen LogP contribution in [0.25, 0.3) is 16.5 Å².